The lowest BCUT2D eigenvalue weighted by Gasteiger charge is -2.27. The maximum Gasteiger partial charge on any atom is 0.262 e. The Kier molecular flexibility index (Phi) is 4.95. The molecule has 0 aliphatic carbocycles. The van der Waals surface area contributed by atoms with Crippen LogP contribution in [-0.4, -0.2) is 32.2 Å². The first-order valence-corrected chi connectivity index (χ1v) is 9.07. The van der Waals surface area contributed by atoms with E-state index in [9.17, 15) is 4.79 Å². The number of amides is 1. The summed E-state index contributed by atoms with van der Waals surface area (Å²) in [5.74, 6) is 1.82. The lowest BCUT2D eigenvalue weighted by Crippen LogP contribution is -2.32. The molecule has 1 N–H and O–H groups in total. The van der Waals surface area contributed by atoms with Crippen molar-refractivity contribution in [2.24, 2.45) is 0 Å². The molecule has 0 saturated carbocycles. The highest BCUT2D eigenvalue weighted by molar-refractivity contribution is 6.11. The highest BCUT2D eigenvalue weighted by Gasteiger charge is 2.39. The van der Waals surface area contributed by atoms with Crippen molar-refractivity contribution in [3.8, 4) is 17.2 Å². The molecule has 1 aromatic heterocycles. The Morgan fingerprint density at radius 2 is 1.72 bits per heavy atom. The Labute approximate surface area is 168 Å². The van der Waals surface area contributed by atoms with E-state index in [2.05, 4.69) is 10.3 Å². The highest BCUT2D eigenvalue weighted by Crippen LogP contribution is 2.40. The Morgan fingerprint density at radius 1 is 0.931 bits per heavy atom. The summed E-state index contributed by atoms with van der Waals surface area (Å²) in [5.41, 5.74) is 2.63. The number of hydrogen-bond donors (Lipinski definition) is 1. The molecular weight excluding hydrogens is 370 g/mol. The molecule has 1 aliphatic rings. The second-order valence-electron chi connectivity index (χ2n) is 6.43. The summed E-state index contributed by atoms with van der Waals surface area (Å²) in [6, 6.07) is 16.4. The van der Waals surface area contributed by atoms with Crippen molar-refractivity contribution in [1.29, 1.82) is 0 Å². The van der Waals surface area contributed by atoms with Crippen molar-refractivity contribution >= 4 is 17.3 Å². The van der Waals surface area contributed by atoms with Gasteiger partial charge in [-0.3, -0.25) is 14.7 Å². The van der Waals surface area contributed by atoms with Gasteiger partial charge in [-0.2, -0.15) is 0 Å². The number of carbonyl (C=O) groups excluding carboxylic acids is 1. The monoisotopic (exact) mass is 391 g/mol. The predicted octanol–water partition coefficient (Wildman–Crippen LogP) is 3.88. The van der Waals surface area contributed by atoms with Gasteiger partial charge in [0.2, 0.25) is 0 Å². The van der Waals surface area contributed by atoms with Crippen LogP contribution in [0, 0.1) is 0 Å². The molecular formula is C22H21N3O4. The lowest BCUT2D eigenvalue weighted by molar-refractivity contribution is 0.0993. The fourth-order valence-corrected chi connectivity index (χ4v) is 3.41. The maximum absolute atomic E-state index is 13.2. The van der Waals surface area contributed by atoms with Crippen LogP contribution < -0.4 is 24.4 Å². The van der Waals surface area contributed by atoms with Gasteiger partial charge in [-0.1, -0.05) is 6.07 Å². The van der Waals surface area contributed by atoms with Crippen LogP contribution in [0.25, 0.3) is 0 Å². The predicted molar refractivity (Wildman–Crippen MR) is 110 cm³/mol. The number of hydrogen-bond acceptors (Lipinski definition) is 6. The molecule has 0 fully saturated rings. The molecule has 1 aliphatic heterocycles. The van der Waals surface area contributed by atoms with Crippen LogP contribution in [0.4, 0.5) is 11.4 Å². The van der Waals surface area contributed by atoms with Crippen LogP contribution in [-0.2, 0) is 0 Å². The minimum Gasteiger partial charge on any atom is -0.497 e. The van der Waals surface area contributed by atoms with E-state index in [1.165, 1.54) is 0 Å². The Bertz CT molecular complexity index is 1050. The van der Waals surface area contributed by atoms with Crippen molar-refractivity contribution in [3.05, 3.63) is 72.1 Å². The number of ether oxygens (including phenoxy) is 3. The van der Waals surface area contributed by atoms with E-state index >= 15 is 0 Å². The zero-order valence-corrected chi connectivity index (χ0v) is 16.4. The number of carbonyl (C=O) groups is 1. The molecule has 3 aromatic rings. The smallest absolute Gasteiger partial charge is 0.262 e. The zero-order chi connectivity index (χ0) is 20.4. The molecule has 1 atom stereocenters. The normalized spacial score (nSPS) is 15.1. The minimum absolute atomic E-state index is 0.133. The fourth-order valence-electron chi connectivity index (χ4n) is 3.41. The first-order chi connectivity index (χ1) is 14.2. The summed E-state index contributed by atoms with van der Waals surface area (Å²) in [6.45, 7) is 0. The molecule has 0 bridgehead atoms. The van der Waals surface area contributed by atoms with Crippen LogP contribution in [0.3, 0.4) is 0 Å². The van der Waals surface area contributed by atoms with E-state index < -0.39 is 6.17 Å². The van der Waals surface area contributed by atoms with Gasteiger partial charge in [-0.15, -0.1) is 0 Å². The summed E-state index contributed by atoms with van der Waals surface area (Å²) in [7, 11) is 4.78. The number of nitrogens with one attached hydrogen (secondary N) is 1. The third-order valence-corrected chi connectivity index (χ3v) is 4.84. The number of anilines is 2. The molecule has 2 heterocycles. The number of fused-ring (bicyclic) bond motifs is 1. The fraction of sp³-hybridized carbons (Fsp3) is 0.182. The minimum atomic E-state index is -0.506. The van der Waals surface area contributed by atoms with Gasteiger partial charge in [-0.05, 0) is 36.4 Å². The van der Waals surface area contributed by atoms with Crippen LogP contribution >= 0.6 is 0 Å². The SMILES string of the molecule is COc1cccc(N2C(=O)c3cccnc3[C@H]2Nc2ccc(OC)cc2OC)c1. The summed E-state index contributed by atoms with van der Waals surface area (Å²) in [5, 5.41) is 3.41. The molecule has 29 heavy (non-hydrogen) atoms. The molecule has 0 spiro atoms. The van der Waals surface area contributed by atoms with Crippen LogP contribution in [0.15, 0.2) is 60.8 Å². The van der Waals surface area contributed by atoms with E-state index in [1.807, 2.05) is 36.4 Å². The van der Waals surface area contributed by atoms with E-state index in [1.54, 1.807) is 50.6 Å². The number of aromatic nitrogens is 1. The van der Waals surface area contributed by atoms with Gasteiger partial charge in [0.15, 0.2) is 6.17 Å². The highest BCUT2D eigenvalue weighted by atomic mass is 16.5. The molecule has 0 saturated heterocycles. The molecule has 0 radical (unpaired) electrons. The number of methoxy groups -OCH3 is 3. The molecule has 148 valence electrons. The Morgan fingerprint density at radius 3 is 2.48 bits per heavy atom. The molecule has 1 amide bonds. The number of nitrogens with zero attached hydrogens (tertiary/aromatic N) is 2. The lowest BCUT2D eigenvalue weighted by atomic mass is 10.2. The van der Waals surface area contributed by atoms with Gasteiger partial charge in [0.05, 0.1) is 44.0 Å². The van der Waals surface area contributed by atoms with Crippen LogP contribution in [0.5, 0.6) is 17.2 Å². The average molecular weight is 391 g/mol. The Balaban J connectivity index is 1.78. The van der Waals surface area contributed by atoms with Crippen molar-refractivity contribution in [3.63, 3.8) is 0 Å². The number of pyridine rings is 1. The largest absolute Gasteiger partial charge is 0.497 e. The molecule has 2 aromatic carbocycles. The summed E-state index contributed by atoms with van der Waals surface area (Å²) >= 11 is 0. The zero-order valence-electron chi connectivity index (χ0n) is 16.4. The third-order valence-electron chi connectivity index (χ3n) is 4.84. The van der Waals surface area contributed by atoms with E-state index in [4.69, 9.17) is 14.2 Å². The molecule has 4 rings (SSSR count). The summed E-state index contributed by atoms with van der Waals surface area (Å²) in [6.07, 6.45) is 1.18. The standard InChI is InChI=1S/C22H21N3O4/c1-27-15-7-4-6-14(12-15)25-21(20-17(22(25)26)8-5-11-23-20)24-18-10-9-16(28-2)13-19(18)29-3/h4-13,21,24H,1-3H3/t21-/m0/s1. The Hall–Kier alpha value is -3.74. The average Bonchev–Trinajstić information content (AvgIpc) is 3.05. The van der Waals surface area contributed by atoms with Crippen molar-refractivity contribution in [2.75, 3.05) is 31.5 Å². The molecule has 7 nitrogen and oxygen atoms in total. The van der Waals surface area contributed by atoms with Crippen molar-refractivity contribution in [1.82, 2.24) is 4.98 Å². The van der Waals surface area contributed by atoms with Gasteiger partial charge >= 0.3 is 0 Å². The maximum atomic E-state index is 13.2. The van der Waals surface area contributed by atoms with Gasteiger partial charge in [0.25, 0.3) is 5.91 Å². The van der Waals surface area contributed by atoms with Crippen LogP contribution in [0.1, 0.15) is 22.2 Å². The third kappa shape index (κ3) is 3.31. The topological polar surface area (TPSA) is 72.9 Å². The quantitative estimate of drug-likeness (QED) is 0.688. The van der Waals surface area contributed by atoms with Gasteiger partial charge in [0.1, 0.15) is 17.2 Å². The number of benzene rings is 2. The second-order valence-corrected chi connectivity index (χ2v) is 6.43. The first-order valence-electron chi connectivity index (χ1n) is 9.07. The van der Waals surface area contributed by atoms with E-state index in [0.717, 1.165) is 5.69 Å². The molecule has 0 unspecified atom stereocenters. The van der Waals surface area contributed by atoms with Crippen molar-refractivity contribution < 1.29 is 19.0 Å². The summed E-state index contributed by atoms with van der Waals surface area (Å²) < 4.78 is 16.1. The molecule has 7 heteroatoms. The van der Waals surface area contributed by atoms with Gasteiger partial charge in [-0.25, -0.2) is 0 Å². The first kappa shape index (κ1) is 18.6. The van der Waals surface area contributed by atoms with Crippen LogP contribution in [0.2, 0.25) is 0 Å². The van der Waals surface area contributed by atoms with Crippen molar-refractivity contribution in [2.45, 2.75) is 6.17 Å². The van der Waals surface area contributed by atoms with E-state index in [0.29, 0.717) is 34.2 Å². The van der Waals surface area contributed by atoms with Gasteiger partial charge < -0.3 is 19.5 Å². The second kappa shape index (κ2) is 7.71. The number of rotatable bonds is 6. The van der Waals surface area contributed by atoms with E-state index in [-0.39, 0.29) is 5.91 Å². The summed E-state index contributed by atoms with van der Waals surface area (Å²) in [4.78, 5) is 19.3. The van der Waals surface area contributed by atoms with Gasteiger partial charge in [0, 0.05) is 18.3 Å².